The van der Waals surface area contributed by atoms with Gasteiger partial charge < -0.3 is 19.7 Å². The van der Waals surface area contributed by atoms with Crippen LogP contribution in [0.4, 0.5) is 0 Å². The van der Waals surface area contributed by atoms with Gasteiger partial charge in [-0.05, 0) is 41.9 Å². The van der Waals surface area contributed by atoms with Gasteiger partial charge in [0.15, 0.2) is 5.58 Å². The summed E-state index contributed by atoms with van der Waals surface area (Å²) in [6.45, 7) is 3.15. The number of aromatic nitrogens is 1. The Kier molecular flexibility index (Phi) is 5.27. The van der Waals surface area contributed by atoms with Crippen LogP contribution in [0.15, 0.2) is 57.7 Å². The Balaban J connectivity index is 1.37. The van der Waals surface area contributed by atoms with E-state index >= 15 is 0 Å². The Bertz CT molecular complexity index is 1010. The second kappa shape index (κ2) is 7.82. The van der Waals surface area contributed by atoms with Crippen molar-refractivity contribution in [1.29, 1.82) is 0 Å². The van der Waals surface area contributed by atoms with Gasteiger partial charge in [0.2, 0.25) is 0 Å². The summed E-state index contributed by atoms with van der Waals surface area (Å²) in [4.78, 5) is 1.24. The summed E-state index contributed by atoms with van der Waals surface area (Å²) in [6, 6.07) is 13.7. The van der Waals surface area contributed by atoms with Gasteiger partial charge in [-0.25, -0.2) is 0 Å². The molecule has 0 aliphatic rings. The molecule has 0 bridgehead atoms. The molecule has 3 heterocycles. The number of fused-ring (bicyclic) bond motifs is 1. The number of rotatable bonds is 8. The molecule has 1 aromatic carbocycles. The van der Waals surface area contributed by atoms with Crippen molar-refractivity contribution in [3.8, 4) is 17.0 Å². The van der Waals surface area contributed by atoms with Crippen LogP contribution in [0.25, 0.3) is 21.5 Å². The van der Waals surface area contributed by atoms with E-state index in [0.717, 1.165) is 28.1 Å². The lowest BCUT2D eigenvalue weighted by molar-refractivity contribution is 0.0121. The second-order valence-electron chi connectivity index (χ2n) is 6.64. The lowest BCUT2D eigenvalue weighted by Crippen LogP contribution is -2.42. The van der Waals surface area contributed by atoms with Crippen LogP contribution in [0.1, 0.15) is 11.8 Å². The number of ether oxygens (including phenoxy) is 1. The number of thiophene rings is 2. The molecule has 0 saturated carbocycles. The molecular formula is C20H20N2O3S2. The molecule has 4 rings (SSSR count). The predicted octanol–water partition coefficient (Wildman–Crippen LogP) is 4.54. The highest BCUT2D eigenvalue weighted by molar-refractivity contribution is 7.17. The Hall–Kier alpha value is -2.19. The van der Waals surface area contributed by atoms with Gasteiger partial charge in [-0.15, -0.1) is 22.7 Å². The average molecular weight is 401 g/mol. The number of nitrogens with one attached hydrogen (secondary N) is 1. The van der Waals surface area contributed by atoms with Crippen LogP contribution >= 0.6 is 22.7 Å². The number of hydrogen-bond donors (Lipinski definition) is 2. The first kappa shape index (κ1) is 18.2. The molecule has 3 aromatic heterocycles. The zero-order chi connectivity index (χ0) is 18.7. The summed E-state index contributed by atoms with van der Waals surface area (Å²) in [6.07, 6.45) is 0. The van der Waals surface area contributed by atoms with Gasteiger partial charge in [0.05, 0.1) is 0 Å². The molecule has 4 aromatic rings. The van der Waals surface area contributed by atoms with E-state index < -0.39 is 5.60 Å². The third-order valence-corrected chi connectivity index (χ3v) is 5.90. The van der Waals surface area contributed by atoms with Gasteiger partial charge in [0.25, 0.3) is 0 Å². The Morgan fingerprint density at radius 2 is 2.11 bits per heavy atom. The van der Waals surface area contributed by atoms with Crippen LogP contribution in [-0.4, -0.2) is 29.0 Å². The molecule has 1 atom stereocenters. The van der Waals surface area contributed by atoms with Crippen molar-refractivity contribution < 1.29 is 14.4 Å². The molecule has 140 valence electrons. The highest BCUT2D eigenvalue weighted by atomic mass is 32.1. The van der Waals surface area contributed by atoms with Crippen LogP contribution in [-0.2, 0) is 6.54 Å². The van der Waals surface area contributed by atoms with E-state index in [1.54, 1.807) is 29.6 Å². The maximum atomic E-state index is 10.6. The minimum absolute atomic E-state index is 0.196. The molecule has 0 fully saturated rings. The van der Waals surface area contributed by atoms with Crippen molar-refractivity contribution in [2.45, 2.75) is 19.1 Å². The van der Waals surface area contributed by atoms with Gasteiger partial charge in [-0.2, -0.15) is 0 Å². The Labute approximate surface area is 165 Å². The molecule has 7 heteroatoms. The molecular weight excluding hydrogens is 380 g/mol. The van der Waals surface area contributed by atoms with Gasteiger partial charge in [0.1, 0.15) is 28.4 Å². The first-order valence-electron chi connectivity index (χ1n) is 8.62. The van der Waals surface area contributed by atoms with E-state index in [4.69, 9.17) is 9.26 Å². The van der Waals surface area contributed by atoms with Gasteiger partial charge in [-0.3, -0.25) is 0 Å². The van der Waals surface area contributed by atoms with E-state index in [0.29, 0.717) is 12.3 Å². The largest absolute Gasteiger partial charge is 0.491 e. The summed E-state index contributed by atoms with van der Waals surface area (Å²) in [7, 11) is 0. The summed E-state index contributed by atoms with van der Waals surface area (Å²) < 4.78 is 12.2. The SMILES string of the molecule is C[C@](O)(CNCc1cccs1)COc1cccc(-c2noc3ccsc23)c1. The number of nitrogens with zero attached hydrogens (tertiary/aromatic N) is 1. The van der Waals surface area contributed by atoms with E-state index in [-0.39, 0.29) is 6.61 Å². The monoisotopic (exact) mass is 400 g/mol. The maximum Gasteiger partial charge on any atom is 0.178 e. The first-order chi connectivity index (χ1) is 13.1. The topological polar surface area (TPSA) is 67.5 Å². The van der Waals surface area contributed by atoms with Gasteiger partial charge >= 0.3 is 0 Å². The molecule has 0 aliphatic carbocycles. The number of benzene rings is 1. The zero-order valence-electron chi connectivity index (χ0n) is 14.8. The highest BCUT2D eigenvalue weighted by Crippen LogP contribution is 2.33. The number of hydrogen-bond acceptors (Lipinski definition) is 7. The van der Waals surface area contributed by atoms with E-state index in [2.05, 4.69) is 16.5 Å². The fraction of sp³-hybridized carbons (Fsp3) is 0.250. The summed E-state index contributed by atoms with van der Waals surface area (Å²) in [5.74, 6) is 0.693. The van der Waals surface area contributed by atoms with Gasteiger partial charge in [-0.1, -0.05) is 23.4 Å². The average Bonchev–Trinajstić information content (AvgIpc) is 3.38. The lowest BCUT2D eigenvalue weighted by atomic mass is 10.1. The minimum atomic E-state index is -0.970. The molecule has 2 N–H and O–H groups in total. The fourth-order valence-electron chi connectivity index (χ4n) is 2.75. The van der Waals surface area contributed by atoms with Crippen molar-refractivity contribution in [2.75, 3.05) is 13.2 Å². The first-order valence-corrected chi connectivity index (χ1v) is 10.4. The fourth-order valence-corrected chi connectivity index (χ4v) is 4.24. The smallest absolute Gasteiger partial charge is 0.178 e. The van der Waals surface area contributed by atoms with E-state index in [1.165, 1.54) is 4.88 Å². The number of aliphatic hydroxyl groups is 1. The second-order valence-corrected chi connectivity index (χ2v) is 8.59. The summed E-state index contributed by atoms with van der Waals surface area (Å²) >= 11 is 3.30. The van der Waals surface area contributed by atoms with Crippen LogP contribution in [0.2, 0.25) is 0 Å². The third-order valence-electron chi connectivity index (χ3n) is 4.12. The van der Waals surface area contributed by atoms with Gasteiger partial charge in [0, 0.05) is 23.5 Å². The maximum absolute atomic E-state index is 10.6. The molecule has 0 aliphatic heterocycles. The van der Waals surface area contributed by atoms with Crippen LogP contribution in [0, 0.1) is 0 Å². The van der Waals surface area contributed by atoms with Crippen molar-refractivity contribution in [3.63, 3.8) is 0 Å². The van der Waals surface area contributed by atoms with Crippen LogP contribution in [0.5, 0.6) is 5.75 Å². The molecule has 0 unspecified atom stereocenters. The Morgan fingerprint density at radius 1 is 1.19 bits per heavy atom. The standard InChI is InChI=1S/C20H20N2O3S2/c1-20(23,12-21-11-16-6-3-8-26-16)13-24-15-5-2-4-14(10-15)18-19-17(25-22-18)7-9-27-19/h2-10,21,23H,11-13H2,1H3/t20-/m0/s1. The molecule has 0 amide bonds. The Morgan fingerprint density at radius 3 is 2.96 bits per heavy atom. The molecule has 0 radical (unpaired) electrons. The minimum Gasteiger partial charge on any atom is -0.491 e. The highest BCUT2D eigenvalue weighted by Gasteiger charge is 2.21. The lowest BCUT2D eigenvalue weighted by Gasteiger charge is -2.24. The van der Waals surface area contributed by atoms with Crippen LogP contribution < -0.4 is 10.1 Å². The van der Waals surface area contributed by atoms with E-state index in [9.17, 15) is 5.11 Å². The molecule has 5 nitrogen and oxygen atoms in total. The molecule has 0 spiro atoms. The van der Waals surface area contributed by atoms with Crippen molar-refractivity contribution >= 4 is 33.0 Å². The van der Waals surface area contributed by atoms with Crippen molar-refractivity contribution in [1.82, 2.24) is 10.5 Å². The third kappa shape index (κ3) is 4.39. The summed E-state index contributed by atoms with van der Waals surface area (Å²) in [5, 5.41) is 22.0. The molecule has 0 saturated heterocycles. The van der Waals surface area contributed by atoms with Crippen molar-refractivity contribution in [3.05, 3.63) is 58.1 Å². The summed E-state index contributed by atoms with van der Waals surface area (Å²) in [5.41, 5.74) is 1.57. The van der Waals surface area contributed by atoms with Crippen LogP contribution in [0.3, 0.4) is 0 Å². The normalized spacial score (nSPS) is 13.7. The quantitative estimate of drug-likeness (QED) is 0.455. The van der Waals surface area contributed by atoms with E-state index in [1.807, 2.05) is 47.2 Å². The predicted molar refractivity (Wildman–Crippen MR) is 109 cm³/mol. The molecule has 27 heavy (non-hydrogen) atoms. The van der Waals surface area contributed by atoms with Crippen molar-refractivity contribution in [2.24, 2.45) is 0 Å². The zero-order valence-corrected chi connectivity index (χ0v) is 16.5.